The molecule has 0 fully saturated rings. The number of nitrogens with zero attached hydrogens (tertiary/aromatic N) is 2. The topological polar surface area (TPSA) is 71.8 Å². The lowest BCUT2D eigenvalue weighted by Gasteiger charge is -2.10. The van der Waals surface area contributed by atoms with Crippen molar-refractivity contribution < 1.29 is 9.76 Å². The van der Waals surface area contributed by atoms with Gasteiger partial charge in [0.15, 0.2) is 0 Å². The van der Waals surface area contributed by atoms with E-state index in [0.29, 0.717) is 17.6 Å². The van der Waals surface area contributed by atoms with Crippen LogP contribution in [0.25, 0.3) is 10.9 Å². The normalized spacial score (nSPS) is 13.8. The predicted molar refractivity (Wildman–Crippen MR) is 69.0 cm³/mol. The van der Waals surface area contributed by atoms with Gasteiger partial charge in [0.05, 0.1) is 12.1 Å². The van der Waals surface area contributed by atoms with Crippen molar-refractivity contribution in [1.82, 2.24) is 4.98 Å². The third-order valence-corrected chi connectivity index (χ3v) is 3.20. The SMILES string of the molecule is O=NB(O)c1ccc2c3c(ccnc13)CCCO2. The largest absolute Gasteiger partial charge is 0.519 e. The third-order valence-electron chi connectivity index (χ3n) is 3.20. The summed E-state index contributed by atoms with van der Waals surface area (Å²) < 4.78 is 5.66. The number of nitroso groups, excluding NO2 is 1. The van der Waals surface area contributed by atoms with Gasteiger partial charge in [0, 0.05) is 17.0 Å². The maximum Gasteiger partial charge on any atom is 0.519 e. The van der Waals surface area contributed by atoms with Crippen molar-refractivity contribution in [3.63, 3.8) is 0 Å². The molecule has 1 aromatic heterocycles. The summed E-state index contributed by atoms with van der Waals surface area (Å²) in [5.41, 5.74) is 2.16. The molecule has 2 heterocycles. The van der Waals surface area contributed by atoms with Crippen molar-refractivity contribution in [2.75, 3.05) is 6.61 Å². The molecule has 0 unspecified atom stereocenters. The molecular weight excluding hydrogens is 231 g/mol. The molecule has 0 aliphatic carbocycles. The van der Waals surface area contributed by atoms with E-state index in [-0.39, 0.29) is 0 Å². The Morgan fingerprint density at radius 1 is 1.39 bits per heavy atom. The molecule has 2 aromatic rings. The molecule has 1 aliphatic heterocycles. The van der Waals surface area contributed by atoms with Crippen LogP contribution < -0.4 is 10.2 Å². The number of ether oxygens (including phenoxy) is 1. The van der Waals surface area contributed by atoms with Gasteiger partial charge in [0.25, 0.3) is 0 Å². The Morgan fingerprint density at radius 2 is 2.28 bits per heavy atom. The highest BCUT2D eigenvalue weighted by molar-refractivity contribution is 6.67. The maximum absolute atomic E-state index is 10.5. The Morgan fingerprint density at radius 3 is 3.11 bits per heavy atom. The maximum atomic E-state index is 10.5. The molecule has 0 bridgehead atoms. The zero-order valence-electron chi connectivity index (χ0n) is 9.67. The van der Waals surface area contributed by atoms with Crippen LogP contribution in [0.1, 0.15) is 12.0 Å². The van der Waals surface area contributed by atoms with Crippen molar-refractivity contribution in [3.8, 4) is 5.75 Å². The molecule has 0 spiro atoms. The Bertz CT molecular complexity index is 605. The van der Waals surface area contributed by atoms with E-state index in [1.165, 1.54) is 0 Å². The summed E-state index contributed by atoms with van der Waals surface area (Å²) >= 11 is 0. The Hall–Kier alpha value is -1.95. The van der Waals surface area contributed by atoms with Crippen molar-refractivity contribution in [3.05, 3.63) is 34.9 Å². The van der Waals surface area contributed by atoms with Gasteiger partial charge >= 0.3 is 7.05 Å². The van der Waals surface area contributed by atoms with Gasteiger partial charge in [-0.05, 0) is 30.5 Å². The van der Waals surface area contributed by atoms with Crippen LogP contribution >= 0.6 is 0 Å². The average molecular weight is 242 g/mol. The summed E-state index contributed by atoms with van der Waals surface area (Å²) in [6.45, 7) is 0.664. The summed E-state index contributed by atoms with van der Waals surface area (Å²) in [6.07, 6.45) is 3.53. The molecular formula is C12H11BN2O3. The summed E-state index contributed by atoms with van der Waals surface area (Å²) in [4.78, 5) is 14.8. The number of pyridine rings is 1. The fourth-order valence-electron chi connectivity index (χ4n) is 2.36. The zero-order chi connectivity index (χ0) is 12.5. The highest BCUT2D eigenvalue weighted by atomic mass is 16.5. The minimum Gasteiger partial charge on any atom is -0.493 e. The van der Waals surface area contributed by atoms with Gasteiger partial charge in [-0.3, -0.25) is 4.98 Å². The minimum atomic E-state index is -1.38. The van der Waals surface area contributed by atoms with Crippen LogP contribution in [0.4, 0.5) is 0 Å². The Kier molecular flexibility index (Phi) is 2.72. The van der Waals surface area contributed by atoms with Gasteiger partial charge in [-0.2, -0.15) is 4.91 Å². The number of aryl methyl sites for hydroxylation is 1. The van der Waals surface area contributed by atoms with Gasteiger partial charge in [0.2, 0.25) is 0 Å². The second-order valence-corrected chi connectivity index (χ2v) is 4.28. The van der Waals surface area contributed by atoms with Crippen LogP contribution in [-0.2, 0) is 6.42 Å². The lowest BCUT2D eigenvalue weighted by atomic mass is 9.74. The number of hydrogen-bond donors (Lipinski definition) is 1. The molecule has 0 amide bonds. The van der Waals surface area contributed by atoms with Gasteiger partial charge in [0.1, 0.15) is 5.75 Å². The Labute approximate surface area is 104 Å². The summed E-state index contributed by atoms with van der Waals surface area (Å²) in [6, 6.07) is 5.36. The highest BCUT2D eigenvalue weighted by Gasteiger charge is 2.23. The van der Waals surface area contributed by atoms with Crippen molar-refractivity contribution in [2.45, 2.75) is 12.8 Å². The van der Waals surface area contributed by atoms with E-state index in [0.717, 1.165) is 29.5 Å². The molecule has 0 saturated heterocycles. The van der Waals surface area contributed by atoms with Crippen molar-refractivity contribution >= 4 is 23.4 Å². The third kappa shape index (κ3) is 1.65. The number of benzene rings is 1. The number of aromatic nitrogens is 1. The standard InChI is InChI=1S/C12H11BN2O3/c16-13(15-17)9-3-4-10-11-8(2-1-7-18-10)5-6-14-12(9)11/h3-6,16H,1-2,7H2. The first kappa shape index (κ1) is 11.2. The van der Waals surface area contributed by atoms with Crippen LogP contribution in [-0.4, -0.2) is 23.7 Å². The summed E-state index contributed by atoms with van der Waals surface area (Å²) in [5.74, 6) is 0.757. The van der Waals surface area contributed by atoms with E-state index < -0.39 is 7.05 Å². The number of rotatable bonds is 2. The van der Waals surface area contributed by atoms with Crippen LogP contribution in [0.3, 0.4) is 0 Å². The lowest BCUT2D eigenvalue weighted by Crippen LogP contribution is -2.29. The smallest absolute Gasteiger partial charge is 0.493 e. The van der Waals surface area contributed by atoms with Crippen LogP contribution in [0, 0.1) is 4.91 Å². The van der Waals surface area contributed by atoms with Crippen LogP contribution in [0.15, 0.2) is 29.5 Å². The lowest BCUT2D eigenvalue weighted by molar-refractivity contribution is 0.319. The monoisotopic (exact) mass is 242 g/mol. The van der Waals surface area contributed by atoms with E-state index in [9.17, 15) is 9.93 Å². The minimum absolute atomic E-state index is 0.427. The second-order valence-electron chi connectivity index (χ2n) is 4.28. The fraction of sp³-hybridized carbons (Fsp3) is 0.250. The van der Waals surface area contributed by atoms with E-state index in [1.54, 1.807) is 18.3 Å². The van der Waals surface area contributed by atoms with Crippen molar-refractivity contribution in [2.24, 2.45) is 5.09 Å². The summed E-state index contributed by atoms with van der Waals surface area (Å²) in [5, 5.41) is 13.2. The quantitative estimate of drug-likeness (QED) is 0.630. The molecule has 1 aromatic carbocycles. The van der Waals surface area contributed by atoms with E-state index >= 15 is 0 Å². The van der Waals surface area contributed by atoms with E-state index in [1.807, 2.05) is 6.07 Å². The van der Waals surface area contributed by atoms with Crippen LogP contribution in [0.2, 0.25) is 0 Å². The number of hydrogen-bond acceptors (Lipinski definition) is 5. The molecule has 0 atom stereocenters. The van der Waals surface area contributed by atoms with E-state index in [4.69, 9.17) is 4.74 Å². The molecule has 0 saturated carbocycles. The first-order chi connectivity index (χ1) is 8.81. The highest BCUT2D eigenvalue weighted by Crippen LogP contribution is 2.30. The first-order valence-electron chi connectivity index (χ1n) is 5.85. The molecule has 90 valence electrons. The summed E-state index contributed by atoms with van der Waals surface area (Å²) in [7, 11) is -1.38. The Balaban J connectivity index is 2.34. The predicted octanol–water partition coefficient (Wildman–Crippen LogP) is 1.01. The molecule has 18 heavy (non-hydrogen) atoms. The fourth-order valence-corrected chi connectivity index (χ4v) is 2.36. The van der Waals surface area contributed by atoms with Crippen LogP contribution in [0.5, 0.6) is 5.75 Å². The molecule has 6 heteroatoms. The molecule has 5 nitrogen and oxygen atoms in total. The average Bonchev–Trinajstić information content (AvgIpc) is 2.63. The van der Waals surface area contributed by atoms with Gasteiger partial charge in [-0.25, -0.2) is 0 Å². The molecule has 1 aliphatic rings. The molecule has 1 N–H and O–H groups in total. The van der Waals surface area contributed by atoms with Crippen molar-refractivity contribution in [1.29, 1.82) is 0 Å². The van der Waals surface area contributed by atoms with Gasteiger partial charge < -0.3 is 9.76 Å². The zero-order valence-corrected chi connectivity index (χ0v) is 9.67. The second kappa shape index (κ2) is 4.38. The van der Waals surface area contributed by atoms with Gasteiger partial charge in [-0.1, -0.05) is 11.2 Å². The first-order valence-corrected chi connectivity index (χ1v) is 5.85. The molecule has 3 rings (SSSR count). The molecule has 0 radical (unpaired) electrons. The van der Waals surface area contributed by atoms with E-state index in [2.05, 4.69) is 10.1 Å². The van der Waals surface area contributed by atoms with Gasteiger partial charge in [-0.15, -0.1) is 0 Å².